The van der Waals surface area contributed by atoms with E-state index in [0.717, 1.165) is 16.7 Å². The number of amides is 2. The zero-order chi connectivity index (χ0) is 23.5. The van der Waals surface area contributed by atoms with E-state index >= 15 is 0 Å². The van der Waals surface area contributed by atoms with Gasteiger partial charge in [0, 0.05) is 5.56 Å². The SMILES string of the molecule is Cc1ccc(C)c(N(Cc2ccc(C(=O)Nc3ccccc3C(N)=O)cc2)S(C)(=O)=O)c1. The average molecular weight is 452 g/mol. The minimum atomic E-state index is -3.53. The van der Waals surface area contributed by atoms with Crippen molar-refractivity contribution in [1.82, 2.24) is 0 Å². The second-order valence-corrected chi connectivity index (χ2v) is 9.53. The Morgan fingerprint density at radius 2 is 1.62 bits per heavy atom. The molecule has 2 amide bonds. The second kappa shape index (κ2) is 9.23. The number of nitrogens with one attached hydrogen (secondary N) is 1. The van der Waals surface area contributed by atoms with E-state index in [-0.39, 0.29) is 12.1 Å². The van der Waals surface area contributed by atoms with Crippen molar-refractivity contribution in [3.63, 3.8) is 0 Å². The molecule has 0 atom stereocenters. The number of sulfonamides is 1. The Morgan fingerprint density at radius 3 is 2.25 bits per heavy atom. The van der Waals surface area contributed by atoms with Gasteiger partial charge in [0.25, 0.3) is 11.8 Å². The van der Waals surface area contributed by atoms with E-state index in [4.69, 9.17) is 5.73 Å². The minimum Gasteiger partial charge on any atom is -0.366 e. The molecule has 0 aliphatic carbocycles. The van der Waals surface area contributed by atoms with Crippen molar-refractivity contribution < 1.29 is 18.0 Å². The number of para-hydroxylation sites is 1. The van der Waals surface area contributed by atoms with E-state index in [0.29, 0.717) is 16.9 Å². The molecular formula is C24H25N3O4S. The Hall–Kier alpha value is -3.65. The summed E-state index contributed by atoms with van der Waals surface area (Å²) in [7, 11) is -3.53. The summed E-state index contributed by atoms with van der Waals surface area (Å²) in [4.78, 5) is 24.2. The van der Waals surface area contributed by atoms with Crippen molar-refractivity contribution in [3.8, 4) is 0 Å². The second-order valence-electron chi connectivity index (χ2n) is 7.62. The lowest BCUT2D eigenvalue weighted by atomic mass is 10.1. The number of benzene rings is 3. The van der Waals surface area contributed by atoms with E-state index in [2.05, 4.69) is 5.32 Å². The maximum absolute atomic E-state index is 12.6. The van der Waals surface area contributed by atoms with Crippen molar-refractivity contribution in [3.05, 3.63) is 94.5 Å². The normalized spacial score (nSPS) is 11.1. The number of primary amides is 1. The lowest BCUT2D eigenvalue weighted by molar-refractivity contribution is 0.100. The summed E-state index contributed by atoms with van der Waals surface area (Å²) < 4.78 is 26.3. The molecule has 0 bridgehead atoms. The molecule has 0 fully saturated rings. The topological polar surface area (TPSA) is 110 Å². The molecule has 3 rings (SSSR count). The maximum Gasteiger partial charge on any atom is 0.255 e. The molecule has 0 aliphatic heterocycles. The fraction of sp³-hybridized carbons (Fsp3) is 0.167. The third-order valence-corrected chi connectivity index (χ3v) is 6.14. The van der Waals surface area contributed by atoms with Crippen LogP contribution in [0.25, 0.3) is 0 Å². The van der Waals surface area contributed by atoms with Crippen LogP contribution < -0.4 is 15.4 Å². The molecule has 3 aromatic carbocycles. The van der Waals surface area contributed by atoms with Crippen LogP contribution in [-0.4, -0.2) is 26.5 Å². The van der Waals surface area contributed by atoms with Crippen LogP contribution in [0, 0.1) is 13.8 Å². The van der Waals surface area contributed by atoms with Crippen molar-refractivity contribution in [2.75, 3.05) is 15.9 Å². The number of anilines is 2. The van der Waals surface area contributed by atoms with E-state index in [1.165, 1.54) is 16.6 Å². The largest absolute Gasteiger partial charge is 0.366 e. The third kappa shape index (κ3) is 5.33. The molecule has 0 aliphatic rings. The van der Waals surface area contributed by atoms with Gasteiger partial charge in [0.2, 0.25) is 10.0 Å². The molecule has 3 N–H and O–H groups in total. The predicted octanol–water partition coefficient (Wildman–Crippen LogP) is 3.62. The van der Waals surface area contributed by atoms with Gasteiger partial charge >= 0.3 is 0 Å². The first kappa shape index (κ1) is 23.0. The summed E-state index contributed by atoms with van der Waals surface area (Å²) in [6.07, 6.45) is 1.17. The molecule has 3 aromatic rings. The van der Waals surface area contributed by atoms with Crippen LogP contribution in [0.2, 0.25) is 0 Å². The van der Waals surface area contributed by atoms with E-state index < -0.39 is 21.8 Å². The van der Waals surface area contributed by atoms with Gasteiger partial charge < -0.3 is 11.1 Å². The Balaban J connectivity index is 1.82. The van der Waals surface area contributed by atoms with Gasteiger partial charge in [-0.25, -0.2) is 8.42 Å². The Morgan fingerprint density at radius 1 is 0.969 bits per heavy atom. The van der Waals surface area contributed by atoms with E-state index in [1.54, 1.807) is 42.5 Å². The van der Waals surface area contributed by atoms with Gasteiger partial charge in [-0.1, -0.05) is 36.4 Å². The Bertz CT molecular complexity index is 1270. The highest BCUT2D eigenvalue weighted by Gasteiger charge is 2.20. The van der Waals surface area contributed by atoms with Gasteiger partial charge in [0.1, 0.15) is 0 Å². The summed E-state index contributed by atoms with van der Waals surface area (Å²) in [5.74, 6) is -1.04. The van der Waals surface area contributed by atoms with Crippen LogP contribution in [-0.2, 0) is 16.6 Å². The number of carbonyl (C=O) groups is 2. The molecule has 0 spiro atoms. The van der Waals surface area contributed by atoms with Crippen molar-refractivity contribution in [2.24, 2.45) is 5.73 Å². The number of aryl methyl sites for hydroxylation is 2. The van der Waals surface area contributed by atoms with Crippen molar-refractivity contribution in [1.29, 1.82) is 0 Å². The quantitative estimate of drug-likeness (QED) is 0.572. The van der Waals surface area contributed by atoms with E-state index in [1.807, 2.05) is 32.0 Å². The first-order chi connectivity index (χ1) is 15.1. The fourth-order valence-corrected chi connectivity index (χ4v) is 4.24. The number of nitrogens with zero attached hydrogens (tertiary/aromatic N) is 1. The van der Waals surface area contributed by atoms with Crippen LogP contribution in [0.15, 0.2) is 66.7 Å². The number of hydrogen-bond donors (Lipinski definition) is 2. The first-order valence-electron chi connectivity index (χ1n) is 9.90. The van der Waals surface area contributed by atoms with Gasteiger partial charge in [0.05, 0.1) is 29.7 Å². The number of carbonyl (C=O) groups excluding carboxylic acids is 2. The van der Waals surface area contributed by atoms with Gasteiger partial charge in [-0.15, -0.1) is 0 Å². The Labute approximate surface area is 187 Å². The van der Waals surface area contributed by atoms with Crippen LogP contribution >= 0.6 is 0 Å². The summed E-state index contributed by atoms with van der Waals surface area (Å²) in [5, 5.41) is 2.69. The molecule has 7 nitrogen and oxygen atoms in total. The minimum absolute atomic E-state index is 0.134. The van der Waals surface area contributed by atoms with Gasteiger partial charge in [0.15, 0.2) is 0 Å². The monoisotopic (exact) mass is 451 g/mol. The molecule has 0 unspecified atom stereocenters. The number of hydrogen-bond acceptors (Lipinski definition) is 4. The van der Waals surface area contributed by atoms with Crippen LogP contribution in [0.5, 0.6) is 0 Å². The van der Waals surface area contributed by atoms with Crippen molar-refractivity contribution in [2.45, 2.75) is 20.4 Å². The maximum atomic E-state index is 12.6. The smallest absolute Gasteiger partial charge is 0.255 e. The van der Waals surface area contributed by atoms with Crippen LogP contribution in [0.4, 0.5) is 11.4 Å². The standard InChI is InChI=1S/C24H25N3O4S/c1-16-8-9-17(2)22(14-16)27(32(3,30)31)15-18-10-12-19(13-11-18)24(29)26-21-7-5-4-6-20(21)23(25)28/h4-14H,15H2,1-3H3,(H2,25,28)(H,26,29). The Kier molecular flexibility index (Phi) is 6.64. The molecule has 32 heavy (non-hydrogen) atoms. The summed E-state index contributed by atoms with van der Waals surface area (Å²) >= 11 is 0. The van der Waals surface area contributed by atoms with E-state index in [9.17, 15) is 18.0 Å². The molecule has 0 radical (unpaired) electrons. The van der Waals surface area contributed by atoms with Gasteiger partial charge in [-0.3, -0.25) is 13.9 Å². The molecule has 0 saturated heterocycles. The highest BCUT2D eigenvalue weighted by molar-refractivity contribution is 7.92. The summed E-state index contributed by atoms with van der Waals surface area (Å²) in [6.45, 7) is 3.91. The fourth-order valence-electron chi connectivity index (χ4n) is 3.30. The lowest BCUT2D eigenvalue weighted by Crippen LogP contribution is -2.30. The third-order valence-electron chi connectivity index (χ3n) is 5.02. The highest BCUT2D eigenvalue weighted by Crippen LogP contribution is 2.26. The average Bonchev–Trinajstić information content (AvgIpc) is 2.73. The zero-order valence-corrected chi connectivity index (χ0v) is 18.9. The van der Waals surface area contributed by atoms with Crippen LogP contribution in [0.1, 0.15) is 37.4 Å². The summed E-state index contributed by atoms with van der Waals surface area (Å²) in [6, 6.07) is 18.8. The number of nitrogens with two attached hydrogens (primary N) is 1. The molecule has 0 heterocycles. The van der Waals surface area contributed by atoms with Crippen LogP contribution in [0.3, 0.4) is 0 Å². The zero-order valence-electron chi connectivity index (χ0n) is 18.1. The first-order valence-corrected chi connectivity index (χ1v) is 11.7. The van der Waals surface area contributed by atoms with Gasteiger partial charge in [-0.2, -0.15) is 0 Å². The highest BCUT2D eigenvalue weighted by atomic mass is 32.2. The predicted molar refractivity (Wildman–Crippen MR) is 126 cm³/mol. The molecular weight excluding hydrogens is 426 g/mol. The molecule has 8 heteroatoms. The molecule has 0 aromatic heterocycles. The van der Waals surface area contributed by atoms with Gasteiger partial charge in [-0.05, 0) is 60.9 Å². The molecule has 0 saturated carbocycles. The van der Waals surface area contributed by atoms with Crippen molar-refractivity contribution >= 4 is 33.2 Å². The molecule has 166 valence electrons. The lowest BCUT2D eigenvalue weighted by Gasteiger charge is -2.25. The summed E-state index contributed by atoms with van der Waals surface area (Å²) in [5.41, 5.74) is 9.43. The number of rotatable bonds is 7.